The second kappa shape index (κ2) is 6.98. The van der Waals surface area contributed by atoms with Crippen molar-refractivity contribution < 1.29 is 18.0 Å². The van der Waals surface area contributed by atoms with Crippen LogP contribution < -0.4 is 0 Å². The first kappa shape index (κ1) is 19.6. The van der Waals surface area contributed by atoms with Gasteiger partial charge in [0.25, 0.3) is 5.91 Å². The number of nitrogens with zero attached hydrogens (tertiary/aromatic N) is 4. The number of aryl methyl sites for hydroxylation is 1. The van der Waals surface area contributed by atoms with E-state index < -0.39 is 20.5 Å². The number of hydrogen-bond donors (Lipinski definition) is 0. The minimum atomic E-state index is -3.62. The number of piperidine rings is 1. The molecule has 2 aliphatic heterocycles. The molecule has 2 aromatic rings. The van der Waals surface area contributed by atoms with Crippen LogP contribution in [0.1, 0.15) is 34.5 Å². The number of aromatic nitrogens is 2. The first-order valence-electron chi connectivity index (χ1n) is 9.60. The fourth-order valence-electron chi connectivity index (χ4n) is 4.29. The van der Waals surface area contributed by atoms with Crippen LogP contribution in [0, 0.1) is 6.92 Å². The van der Waals surface area contributed by atoms with Gasteiger partial charge in [-0.3, -0.25) is 14.3 Å². The first-order chi connectivity index (χ1) is 13.7. The topological polar surface area (TPSA) is 92.6 Å². The summed E-state index contributed by atoms with van der Waals surface area (Å²) in [4.78, 5) is 27.4. The van der Waals surface area contributed by atoms with Gasteiger partial charge in [-0.05, 0) is 12.5 Å². The minimum absolute atomic E-state index is 0.151. The highest BCUT2D eigenvalue weighted by Crippen LogP contribution is 2.41. The molecule has 0 bridgehead atoms. The van der Waals surface area contributed by atoms with Crippen LogP contribution in [-0.2, 0) is 28.2 Å². The van der Waals surface area contributed by atoms with Crippen molar-refractivity contribution >= 4 is 21.7 Å². The van der Waals surface area contributed by atoms with E-state index in [2.05, 4.69) is 5.10 Å². The summed E-state index contributed by atoms with van der Waals surface area (Å²) in [5.74, 6) is -0.978. The fourth-order valence-corrected chi connectivity index (χ4v) is 6.34. The van der Waals surface area contributed by atoms with Gasteiger partial charge in [0.05, 0.1) is 11.8 Å². The Hall–Kier alpha value is -2.68. The molecular formula is C20H24N4O4S. The molecule has 0 unspecified atom stereocenters. The molecule has 9 heteroatoms. The molecule has 154 valence electrons. The van der Waals surface area contributed by atoms with Crippen molar-refractivity contribution in [1.29, 1.82) is 0 Å². The van der Waals surface area contributed by atoms with Crippen LogP contribution in [0.4, 0.5) is 0 Å². The number of carbonyl (C=O) groups is 2. The summed E-state index contributed by atoms with van der Waals surface area (Å²) in [6, 6.07) is 9.39. The smallest absolute Gasteiger partial charge is 0.257 e. The van der Waals surface area contributed by atoms with E-state index in [9.17, 15) is 18.0 Å². The molecular weight excluding hydrogens is 392 g/mol. The first-order valence-corrected chi connectivity index (χ1v) is 11.2. The van der Waals surface area contributed by atoms with Gasteiger partial charge in [-0.25, -0.2) is 8.42 Å². The average molecular weight is 417 g/mol. The number of carbonyl (C=O) groups excluding carboxylic acids is 2. The third-order valence-electron chi connectivity index (χ3n) is 6.17. The van der Waals surface area contributed by atoms with E-state index in [1.807, 2.05) is 37.3 Å². The number of hydrogen-bond acceptors (Lipinski definition) is 5. The average Bonchev–Trinajstić information content (AvgIpc) is 3.12. The zero-order chi connectivity index (χ0) is 20.8. The quantitative estimate of drug-likeness (QED) is 0.748. The zero-order valence-electron chi connectivity index (χ0n) is 16.5. The van der Waals surface area contributed by atoms with Crippen LogP contribution in [0.3, 0.4) is 0 Å². The van der Waals surface area contributed by atoms with Gasteiger partial charge in [0, 0.05) is 45.2 Å². The molecule has 0 radical (unpaired) electrons. The third kappa shape index (κ3) is 3.13. The monoisotopic (exact) mass is 416 g/mol. The molecule has 1 aromatic heterocycles. The molecule has 4 rings (SSSR count). The van der Waals surface area contributed by atoms with Crippen LogP contribution in [0.15, 0.2) is 36.5 Å². The van der Waals surface area contributed by atoms with E-state index in [-0.39, 0.29) is 44.3 Å². The van der Waals surface area contributed by atoms with E-state index in [0.29, 0.717) is 5.56 Å². The van der Waals surface area contributed by atoms with Crippen molar-refractivity contribution in [1.82, 2.24) is 19.6 Å². The molecule has 1 spiro atoms. The number of amides is 2. The second-order valence-corrected chi connectivity index (χ2v) is 10.0. The van der Waals surface area contributed by atoms with Crippen molar-refractivity contribution in [2.45, 2.75) is 31.2 Å². The van der Waals surface area contributed by atoms with E-state index in [4.69, 9.17) is 0 Å². The van der Waals surface area contributed by atoms with Crippen LogP contribution in [0.2, 0.25) is 0 Å². The van der Waals surface area contributed by atoms with Crippen LogP contribution in [0.5, 0.6) is 0 Å². The number of rotatable bonds is 3. The SMILES string of the molecule is Cc1c(C(=O)N2CCC3(CC2)N(Cc2ccccc2)C(=O)CS3(=O)=O)cnn1C. The lowest BCUT2D eigenvalue weighted by Crippen LogP contribution is -2.56. The molecule has 0 N–H and O–H groups in total. The maximum Gasteiger partial charge on any atom is 0.257 e. The van der Waals surface area contributed by atoms with E-state index in [1.54, 1.807) is 22.8 Å². The van der Waals surface area contributed by atoms with Gasteiger partial charge < -0.3 is 9.80 Å². The molecule has 3 heterocycles. The van der Waals surface area contributed by atoms with Crippen molar-refractivity contribution in [2.24, 2.45) is 7.05 Å². The second-order valence-electron chi connectivity index (χ2n) is 7.73. The van der Waals surface area contributed by atoms with Crippen molar-refractivity contribution in [3.63, 3.8) is 0 Å². The fraction of sp³-hybridized carbons (Fsp3) is 0.450. The summed E-state index contributed by atoms with van der Waals surface area (Å²) < 4.78 is 27.6. The summed E-state index contributed by atoms with van der Waals surface area (Å²) >= 11 is 0. The van der Waals surface area contributed by atoms with E-state index in [1.165, 1.54) is 4.90 Å². The summed E-state index contributed by atoms with van der Waals surface area (Å²) in [5, 5.41) is 4.12. The zero-order valence-corrected chi connectivity index (χ0v) is 17.4. The number of benzene rings is 1. The highest BCUT2D eigenvalue weighted by atomic mass is 32.2. The molecule has 2 saturated heterocycles. The molecule has 0 saturated carbocycles. The Kier molecular flexibility index (Phi) is 4.72. The van der Waals surface area contributed by atoms with Crippen LogP contribution in [0.25, 0.3) is 0 Å². The molecule has 0 aliphatic carbocycles. The van der Waals surface area contributed by atoms with Crippen LogP contribution >= 0.6 is 0 Å². The largest absolute Gasteiger partial charge is 0.338 e. The summed E-state index contributed by atoms with van der Waals surface area (Å²) in [6.45, 7) is 2.65. The van der Waals surface area contributed by atoms with Crippen molar-refractivity contribution in [2.75, 3.05) is 18.8 Å². The normalized spacial score (nSPS) is 20.4. The highest BCUT2D eigenvalue weighted by molar-refractivity contribution is 7.93. The standard InChI is InChI=1S/C20H24N4O4S/c1-15-17(12-21-22(15)2)19(26)23-10-8-20(9-11-23)24(18(25)14-29(20,27)28)13-16-6-4-3-5-7-16/h3-7,12H,8-11,13-14H2,1-2H3. The summed E-state index contributed by atoms with van der Waals surface area (Å²) in [7, 11) is -1.85. The Morgan fingerprint density at radius 3 is 2.41 bits per heavy atom. The Bertz CT molecular complexity index is 1050. The Balaban J connectivity index is 1.57. The molecule has 1 aromatic carbocycles. The lowest BCUT2D eigenvalue weighted by molar-refractivity contribution is -0.131. The molecule has 8 nitrogen and oxygen atoms in total. The van der Waals surface area contributed by atoms with Gasteiger partial charge in [-0.1, -0.05) is 30.3 Å². The van der Waals surface area contributed by atoms with E-state index >= 15 is 0 Å². The van der Waals surface area contributed by atoms with Gasteiger partial charge in [0.15, 0.2) is 9.84 Å². The molecule has 2 amide bonds. The maximum absolute atomic E-state index is 13.0. The van der Waals surface area contributed by atoms with Gasteiger partial charge in [-0.2, -0.15) is 5.10 Å². The summed E-state index contributed by atoms with van der Waals surface area (Å²) in [6.07, 6.45) is 1.98. The third-order valence-corrected chi connectivity index (χ3v) is 8.58. The Morgan fingerprint density at radius 1 is 1.17 bits per heavy atom. The maximum atomic E-state index is 13.0. The molecule has 2 fully saturated rings. The van der Waals surface area contributed by atoms with Gasteiger partial charge in [-0.15, -0.1) is 0 Å². The minimum Gasteiger partial charge on any atom is -0.338 e. The number of sulfone groups is 1. The Morgan fingerprint density at radius 2 is 1.83 bits per heavy atom. The van der Waals surface area contributed by atoms with Gasteiger partial charge >= 0.3 is 0 Å². The predicted molar refractivity (Wildman–Crippen MR) is 107 cm³/mol. The highest BCUT2D eigenvalue weighted by Gasteiger charge is 2.58. The van der Waals surface area contributed by atoms with Gasteiger partial charge in [0.2, 0.25) is 5.91 Å². The van der Waals surface area contributed by atoms with E-state index in [0.717, 1.165) is 11.3 Å². The molecule has 2 aliphatic rings. The lowest BCUT2D eigenvalue weighted by atomic mass is 10.0. The summed E-state index contributed by atoms with van der Waals surface area (Å²) in [5.41, 5.74) is 2.18. The Labute approximate surface area is 170 Å². The number of likely N-dealkylation sites (tertiary alicyclic amines) is 1. The lowest BCUT2D eigenvalue weighted by Gasteiger charge is -2.43. The van der Waals surface area contributed by atoms with Crippen LogP contribution in [-0.4, -0.2) is 63.5 Å². The van der Waals surface area contributed by atoms with Crippen molar-refractivity contribution in [3.05, 3.63) is 53.3 Å². The molecule has 29 heavy (non-hydrogen) atoms. The van der Waals surface area contributed by atoms with Gasteiger partial charge in [0.1, 0.15) is 10.6 Å². The predicted octanol–water partition coefficient (Wildman–Crippen LogP) is 1.12. The molecule has 0 atom stereocenters. The van der Waals surface area contributed by atoms with Crippen molar-refractivity contribution in [3.8, 4) is 0 Å².